The molecule has 0 aliphatic carbocycles. The Labute approximate surface area is 117 Å². The molecule has 0 saturated heterocycles. The van der Waals surface area contributed by atoms with Crippen molar-refractivity contribution in [2.75, 3.05) is 6.61 Å². The first-order chi connectivity index (χ1) is 9.97. The van der Waals surface area contributed by atoms with Crippen LogP contribution in [0.1, 0.15) is 10.4 Å². The molecule has 0 atom stereocenters. The predicted octanol–water partition coefficient (Wildman–Crippen LogP) is 0.453. The van der Waals surface area contributed by atoms with E-state index in [0.29, 0.717) is 5.75 Å². The van der Waals surface area contributed by atoms with Crippen molar-refractivity contribution >= 4 is 5.97 Å². The molecule has 2 aromatic rings. The van der Waals surface area contributed by atoms with Crippen molar-refractivity contribution in [1.29, 1.82) is 0 Å². The Morgan fingerprint density at radius 1 is 1.38 bits per heavy atom. The molecule has 2 N–H and O–H groups in total. The Morgan fingerprint density at radius 2 is 2.14 bits per heavy atom. The number of carboxylic acid groups (broad SMARTS) is 1. The third-order valence-corrected chi connectivity index (χ3v) is 2.65. The van der Waals surface area contributed by atoms with Crippen LogP contribution in [-0.2, 0) is 6.54 Å². The van der Waals surface area contributed by atoms with Crippen LogP contribution in [0, 0.1) is 5.82 Å². The van der Waals surface area contributed by atoms with Crippen LogP contribution in [0.5, 0.6) is 5.75 Å². The summed E-state index contributed by atoms with van der Waals surface area (Å²) < 4.78 is 19.3. The van der Waals surface area contributed by atoms with Gasteiger partial charge in [0.1, 0.15) is 12.4 Å². The molecule has 7 nitrogen and oxygen atoms in total. The van der Waals surface area contributed by atoms with E-state index in [-0.39, 0.29) is 18.7 Å². The second kappa shape index (κ2) is 6.04. The molecule has 110 valence electrons. The largest absolute Gasteiger partial charge is 0.492 e. The molecule has 0 aliphatic heterocycles. The van der Waals surface area contributed by atoms with E-state index in [1.807, 2.05) is 4.98 Å². The standard InChI is InChI=1S/C13H11FN2O5/c14-10-7-16(13(20)15-11(10)17)4-5-21-9-3-1-2-8(6-9)12(18)19/h1-3,6-7H,4-5H2,(H,18,19)(H,15,17,20). The van der Waals surface area contributed by atoms with Gasteiger partial charge in [0.15, 0.2) is 0 Å². The molecule has 1 aromatic heterocycles. The van der Waals surface area contributed by atoms with Gasteiger partial charge in [0, 0.05) is 0 Å². The van der Waals surface area contributed by atoms with Crippen molar-refractivity contribution in [2.45, 2.75) is 6.54 Å². The minimum absolute atomic E-state index is 0.00380. The number of halogens is 1. The van der Waals surface area contributed by atoms with E-state index in [4.69, 9.17) is 9.84 Å². The van der Waals surface area contributed by atoms with Crippen LogP contribution in [0.25, 0.3) is 0 Å². The molecule has 0 saturated carbocycles. The molecule has 1 heterocycles. The van der Waals surface area contributed by atoms with Crippen LogP contribution in [0.3, 0.4) is 0 Å². The zero-order valence-electron chi connectivity index (χ0n) is 10.7. The van der Waals surface area contributed by atoms with E-state index in [1.165, 1.54) is 18.2 Å². The number of benzene rings is 1. The number of hydrogen-bond acceptors (Lipinski definition) is 4. The van der Waals surface area contributed by atoms with E-state index in [9.17, 15) is 18.8 Å². The SMILES string of the molecule is O=C(O)c1cccc(OCCn2cc(F)c(=O)[nH]c2=O)c1. The summed E-state index contributed by atoms with van der Waals surface area (Å²) in [5, 5.41) is 8.83. The maximum Gasteiger partial charge on any atom is 0.335 e. The van der Waals surface area contributed by atoms with Crippen LogP contribution in [0.15, 0.2) is 40.1 Å². The minimum Gasteiger partial charge on any atom is -0.492 e. The van der Waals surface area contributed by atoms with E-state index >= 15 is 0 Å². The van der Waals surface area contributed by atoms with Gasteiger partial charge in [-0.3, -0.25) is 14.3 Å². The smallest absolute Gasteiger partial charge is 0.335 e. The van der Waals surface area contributed by atoms with Crippen molar-refractivity contribution in [1.82, 2.24) is 9.55 Å². The Kier molecular flexibility index (Phi) is 4.17. The number of carboxylic acids is 1. The second-order valence-corrected chi connectivity index (χ2v) is 4.11. The van der Waals surface area contributed by atoms with Crippen LogP contribution < -0.4 is 16.0 Å². The zero-order valence-corrected chi connectivity index (χ0v) is 10.7. The Bertz CT molecular complexity index is 781. The number of carbonyl (C=O) groups is 1. The van der Waals surface area contributed by atoms with Gasteiger partial charge in [-0.15, -0.1) is 0 Å². The number of nitrogens with zero attached hydrogens (tertiary/aromatic N) is 1. The van der Waals surface area contributed by atoms with Crippen molar-refractivity contribution in [3.8, 4) is 5.75 Å². The highest BCUT2D eigenvalue weighted by atomic mass is 19.1. The van der Waals surface area contributed by atoms with Gasteiger partial charge in [-0.1, -0.05) is 6.07 Å². The molecule has 21 heavy (non-hydrogen) atoms. The third-order valence-electron chi connectivity index (χ3n) is 2.65. The summed E-state index contributed by atoms with van der Waals surface area (Å²) >= 11 is 0. The second-order valence-electron chi connectivity index (χ2n) is 4.11. The predicted molar refractivity (Wildman–Crippen MR) is 70.2 cm³/mol. The third kappa shape index (κ3) is 3.56. The fraction of sp³-hybridized carbons (Fsp3) is 0.154. The summed E-state index contributed by atoms with van der Waals surface area (Å²) in [7, 11) is 0. The van der Waals surface area contributed by atoms with E-state index in [0.717, 1.165) is 10.8 Å². The van der Waals surface area contributed by atoms with Gasteiger partial charge in [0.05, 0.1) is 18.3 Å². The Hall–Kier alpha value is -2.90. The van der Waals surface area contributed by atoms with Gasteiger partial charge in [-0.05, 0) is 18.2 Å². The van der Waals surface area contributed by atoms with Crippen LogP contribution >= 0.6 is 0 Å². The topological polar surface area (TPSA) is 101 Å². The van der Waals surface area contributed by atoms with E-state index in [2.05, 4.69) is 0 Å². The number of aromatic nitrogens is 2. The quantitative estimate of drug-likeness (QED) is 0.834. The average molecular weight is 294 g/mol. The highest BCUT2D eigenvalue weighted by molar-refractivity contribution is 5.87. The number of aromatic carboxylic acids is 1. The molecule has 0 bridgehead atoms. The van der Waals surface area contributed by atoms with Crippen LogP contribution in [-0.4, -0.2) is 27.2 Å². The minimum atomic E-state index is -1.08. The van der Waals surface area contributed by atoms with Crippen molar-refractivity contribution in [3.63, 3.8) is 0 Å². The molecular formula is C13H11FN2O5. The van der Waals surface area contributed by atoms with Gasteiger partial charge in [0.2, 0.25) is 5.82 Å². The first kappa shape index (κ1) is 14.5. The molecule has 0 fully saturated rings. The lowest BCUT2D eigenvalue weighted by Gasteiger charge is -2.08. The summed E-state index contributed by atoms with van der Waals surface area (Å²) in [6, 6.07) is 5.82. The number of H-pyrrole nitrogens is 1. The lowest BCUT2D eigenvalue weighted by Crippen LogP contribution is -2.32. The maximum atomic E-state index is 13.0. The summed E-state index contributed by atoms with van der Waals surface area (Å²) in [5.41, 5.74) is -1.75. The average Bonchev–Trinajstić information content (AvgIpc) is 2.44. The highest BCUT2D eigenvalue weighted by Gasteiger charge is 2.05. The number of hydrogen-bond donors (Lipinski definition) is 2. The number of ether oxygens (including phenoxy) is 1. The first-order valence-corrected chi connectivity index (χ1v) is 5.93. The van der Waals surface area contributed by atoms with Gasteiger partial charge < -0.3 is 9.84 Å². The van der Waals surface area contributed by atoms with Crippen molar-refractivity contribution in [2.24, 2.45) is 0 Å². The Balaban J connectivity index is 2.03. The molecule has 0 aliphatic rings. The molecule has 1 aromatic carbocycles. The highest BCUT2D eigenvalue weighted by Crippen LogP contribution is 2.13. The fourth-order valence-corrected chi connectivity index (χ4v) is 1.63. The fourth-order valence-electron chi connectivity index (χ4n) is 1.63. The van der Waals surface area contributed by atoms with Crippen molar-refractivity contribution < 1.29 is 19.0 Å². The molecule has 0 unspecified atom stereocenters. The molecule has 8 heteroatoms. The summed E-state index contributed by atoms with van der Waals surface area (Å²) in [5.74, 6) is -1.84. The summed E-state index contributed by atoms with van der Waals surface area (Å²) in [4.78, 5) is 34.9. The number of rotatable bonds is 5. The zero-order chi connectivity index (χ0) is 15.4. The van der Waals surface area contributed by atoms with Crippen LogP contribution in [0.2, 0.25) is 0 Å². The maximum absolute atomic E-state index is 13.0. The first-order valence-electron chi connectivity index (χ1n) is 5.93. The monoisotopic (exact) mass is 294 g/mol. The van der Waals surface area contributed by atoms with Gasteiger partial charge in [0.25, 0.3) is 5.56 Å². The van der Waals surface area contributed by atoms with Gasteiger partial charge in [-0.25, -0.2) is 9.59 Å². The van der Waals surface area contributed by atoms with Gasteiger partial charge in [-0.2, -0.15) is 4.39 Å². The van der Waals surface area contributed by atoms with Crippen LogP contribution in [0.4, 0.5) is 4.39 Å². The van der Waals surface area contributed by atoms with E-state index in [1.54, 1.807) is 6.07 Å². The van der Waals surface area contributed by atoms with E-state index < -0.39 is 23.0 Å². The normalized spacial score (nSPS) is 10.3. The molecule has 0 radical (unpaired) electrons. The summed E-state index contributed by atoms with van der Waals surface area (Å²) in [6.07, 6.45) is 0.790. The van der Waals surface area contributed by atoms with Gasteiger partial charge >= 0.3 is 11.7 Å². The van der Waals surface area contributed by atoms with Crippen molar-refractivity contribution in [3.05, 3.63) is 62.7 Å². The molecule has 0 amide bonds. The summed E-state index contributed by atoms with van der Waals surface area (Å²) in [6.45, 7) is 0.0122. The molecule has 0 spiro atoms. The number of nitrogens with one attached hydrogen (secondary N) is 1. The Morgan fingerprint density at radius 3 is 2.86 bits per heavy atom. The molecule has 2 rings (SSSR count). The lowest BCUT2D eigenvalue weighted by molar-refractivity contribution is 0.0696. The molecular weight excluding hydrogens is 283 g/mol. The lowest BCUT2D eigenvalue weighted by atomic mass is 10.2. The number of aromatic amines is 1.